The highest BCUT2D eigenvalue weighted by molar-refractivity contribution is 9.10. The van der Waals surface area contributed by atoms with Crippen molar-refractivity contribution in [2.75, 3.05) is 18.0 Å². The average molecular weight is 338 g/mol. The number of carbonyl (C=O) groups excluding carboxylic acids is 1. The van der Waals surface area contributed by atoms with Crippen LogP contribution in [0.2, 0.25) is 0 Å². The number of hydrogen-bond acceptors (Lipinski definition) is 3. The zero-order chi connectivity index (χ0) is 14.1. The van der Waals surface area contributed by atoms with Crippen molar-refractivity contribution in [2.24, 2.45) is 0 Å². The summed E-state index contributed by atoms with van der Waals surface area (Å²) in [5.74, 6) is 0.111. The zero-order valence-electron chi connectivity index (χ0n) is 11.7. The molecular weight excluding hydrogens is 318 g/mol. The van der Waals surface area contributed by atoms with Gasteiger partial charge < -0.3 is 15.5 Å². The molecule has 108 valence electrons. The van der Waals surface area contributed by atoms with Crippen molar-refractivity contribution in [1.82, 2.24) is 10.6 Å². The molecule has 5 heteroatoms. The van der Waals surface area contributed by atoms with E-state index in [9.17, 15) is 4.79 Å². The van der Waals surface area contributed by atoms with Gasteiger partial charge in [0.1, 0.15) is 6.04 Å². The van der Waals surface area contributed by atoms with Crippen molar-refractivity contribution in [1.29, 1.82) is 0 Å². The molecule has 1 aromatic rings. The molecule has 1 heterocycles. The van der Waals surface area contributed by atoms with Crippen molar-refractivity contribution in [3.8, 4) is 0 Å². The Morgan fingerprint density at radius 2 is 2.25 bits per heavy atom. The molecule has 2 fully saturated rings. The van der Waals surface area contributed by atoms with Gasteiger partial charge in [-0.05, 0) is 43.5 Å². The SMILES string of the molecule is CC1C(=O)NCCN1c1ccc(Br)cc1CNC1CC1. The van der Waals surface area contributed by atoms with E-state index in [0.717, 1.165) is 17.6 Å². The fourth-order valence-corrected chi connectivity index (χ4v) is 3.04. The minimum absolute atomic E-state index is 0.107. The van der Waals surface area contributed by atoms with Crippen molar-refractivity contribution in [3.05, 3.63) is 28.2 Å². The van der Waals surface area contributed by atoms with Crippen LogP contribution >= 0.6 is 15.9 Å². The van der Waals surface area contributed by atoms with Gasteiger partial charge in [0, 0.05) is 35.8 Å². The van der Waals surface area contributed by atoms with Gasteiger partial charge in [0.2, 0.25) is 5.91 Å². The monoisotopic (exact) mass is 337 g/mol. The fourth-order valence-electron chi connectivity index (χ4n) is 2.63. The van der Waals surface area contributed by atoms with Crippen molar-refractivity contribution >= 4 is 27.5 Å². The van der Waals surface area contributed by atoms with Gasteiger partial charge in [-0.2, -0.15) is 0 Å². The summed E-state index contributed by atoms with van der Waals surface area (Å²) < 4.78 is 1.09. The van der Waals surface area contributed by atoms with Gasteiger partial charge in [-0.25, -0.2) is 0 Å². The van der Waals surface area contributed by atoms with Gasteiger partial charge in [-0.1, -0.05) is 15.9 Å². The van der Waals surface area contributed by atoms with Crippen molar-refractivity contribution < 1.29 is 4.79 Å². The molecule has 1 aliphatic carbocycles. The maximum absolute atomic E-state index is 11.9. The average Bonchev–Trinajstić information content (AvgIpc) is 3.24. The standard InChI is InChI=1S/C15H20BrN3O/c1-10-15(20)17-6-7-19(10)14-5-2-12(16)8-11(14)9-18-13-3-4-13/h2,5,8,10,13,18H,3-4,6-7,9H2,1H3,(H,17,20). The molecule has 20 heavy (non-hydrogen) atoms. The Labute approximate surface area is 128 Å². The van der Waals surface area contributed by atoms with E-state index in [-0.39, 0.29) is 11.9 Å². The number of nitrogens with zero attached hydrogens (tertiary/aromatic N) is 1. The predicted molar refractivity (Wildman–Crippen MR) is 83.8 cm³/mol. The number of halogens is 1. The van der Waals surface area contributed by atoms with Crippen molar-refractivity contribution in [3.63, 3.8) is 0 Å². The third-order valence-corrected chi connectivity index (χ3v) is 4.50. The van der Waals surface area contributed by atoms with Crippen LogP contribution in [0.5, 0.6) is 0 Å². The molecule has 1 saturated heterocycles. The van der Waals surface area contributed by atoms with E-state index in [0.29, 0.717) is 12.6 Å². The number of benzene rings is 1. The third-order valence-electron chi connectivity index (χ3n) is 4.01. The summed E-state index contributed by atoms with van der Waals surface area (Å²) in [5, 5.41) is 6.47. The number of nitrogens with one attached hydrogen (secondary N) is 2. The Hall–Kier alpha value is -1.07. The second-order valence-electron chi connectivity index (χ2n) is 5.59. The molecule has 0 bridgehead atoms. The molecule has 1 atom stereocenters. The second kappa shape index (κ2) is 5.74. The molecule has 1 aromatic carbocycles. The minimum atomic E-state index is -0.107. The summed E-state index contributed by atoms with van der Waals surface area (Å²) in [6, 6.07) is 6.90. The largest absolute Gasteiger partial charge is 0.358 e. The first-order chi connectivity index (χ1) is 9.65. The summed E-state index contributed by atoms with van der Waals surface area (Å²) in [5.41, 5.74) is 2.43. The second-order valence-corrected chi connectivity index (χ2v) is 6.50. The summed E-state index contributed by atoms with van der Waals surface area (Å²) in [7, 11) is 0. The summed E-state index contributed by atoms with van der Waals surface area (Å²) in [4.78, 5) is 14.1. The van der Waals surface area contributed by atoms with E-state index < -0.39 is 0 Å². The Morgan fingerprint density at radius 1 is 1.45 bits per heavy atom. The molecule has 1 amide bonds. The Morgan fingerprint density at radius 3 is 3.00 bits per heavy atom. The lowest BCUT2D eigenvalue weighted by Crippen LogP contribution is -2.54. The summed E-state index contributed by atoms with van der Waals surface area (Å²) in [6.07, 6.45) is 2.57. The number of hydrogen-bond donors (Lipinski definition) is 2. The minimum Gasteiger partial charge on any atom is -0.358 e. The highest BCUT2D eigenvalue weighted by Gasteiger charge is 2.27. The molecule has 1 aliphatic heterocycles. The molecule has 2 N–H and O–H groups in total. The molecule has 0 spiro atoms. The first kappa shape index (κ1) is 13.9. The van der Waals surface area contributed by atoms with Crippen LogP contribution in [-0.2, 0) is 11.3 Å². The van der Waals surface area contributed by atoms with E-state index in [2.05, 4.69) is 49.7 Å². The van der Waals surface area contributed by atoms with E-state index in [1.54, 1.807) is 0 Å². The van der Waals surface area contributed by atoms with Gasteiger partial charge in [-0.15, -0.1) is 0 Å². The Kier molecular flexibility index (Phi) is 3.98. The molecule has 3 rings (SSSR count). The van der Waals surface area contributed by atoms with Crippen LogP contribution in [0.1, 0.15) is 25.3 Å². The third kappa shape index (κ3) is 2.99. The first-order valence-corrected chi connectivity index (χ1v) is 8.00. The lowest BCUT2D eigenvalue weighted by molar-refractivity contribution is -0.122. The number of rotatable bonds is 4. The number of amides is 1. The molecule has 0 radical (unpaired) electrons. The van der Waals surface area contributed by atoms with Crippen molar-refractivity contribution in [2.45, 2.75) is 38.4 Å². The van der Waals surface area contributed by atoms with Gasteiger partial charge in [-0.3, -0.25) is 4.79 Å². The number of anilines is 1. The summed E-state index contributed by atoms with van der Waals surface area (Å²) in [6.45, 7) is 4.42. The quantitative estimate of drug-likeness (QED) is 0.883. The fraction of sp³-hybridized carbons (Fsp3) is 0.533. The van der Waals surface area contributed by atoms with Crippen LogP contribution in [0.3, 0.4) is 0 Å². The topological polar surface area (TPSA) is 44.4 Å². The molecule has 1 saturated carbocycles. The van der Waals surface area contributed by atoms with Crippen LogP contribution in [0.4, 0.5) is 5.69 Å². The molecular formula is C15H20BrN3O. The Bertz CT molecular complexity index is 516. The predicted octanol–water partition coefficient (Wildman–Crippen LogP) is 2.03. The highest BCUT2D eigenvalue weighted by atomic mass is 79.9. The first-order valence-electron chi connectivity index (χ1n) is 7.21. The van der Waals surface area contributed by atoms with Crippen LogP contribution < -0.4 is 15.5 Å². The van der Waals surface area contributed by atoms with Gasteiger partial charge in [0.25, 0.3) is 0 Å². The number of piperazine rings is 1. The molecule has 1 unspecified atom stereocenters. The van der Waals surface area contributed by atoms with Gasteiger partial charge in [0.05, 0.1) is 0 Å². The molecule has 0 aromatic heterocycles. The van der Waals surface area contributed by atoms with E-state index in [1.807, 2.05) is 6.92 Å². The normalized spacial score (nSPS) is 22.8. The van der Waals surface area contributed by atoms with Gasteiger partial charge >= 0.3 is 0 Å². The summed E-state index contributed by atoms with van der Waals surface area (Å²) >= 11 is 3.54. The molecule has 2 aliphatic rings. The number of carbonyl (C=O) groups is 1. The molecule has 4 nitrogen and oxygen atoms in total. The van der Waals surface area contributed by atoms with E-state index >= 15 is 0 Å². The maximum Gasteiger partial charge on any atom is 0.242 e. The van der Waals surface area contributed by atoms with Crippen LogP contribution in [0.25, 0.3) is 0 Å². The van der Waals surface area contributed by atoms with Crippen LogP contribution in [-0.4, -0.2) is 31.1 Å². The lowest BCUT2D eigenvalue weighted by Gasteiger charge is -2.36. The smallest absolute Gasteiger partial charge is 0.242 e. The lowest BCUT2D eigenvalue weighted by atomic mass is 10.1. The van der Waals surface area contributed by atoms with Crippen LogP contribution in [0.15, 0.2) is 22.7 Å². The van der Waals surface area contributed by atoms with Crippen LogP contribution in [0, 0.1) is 0 Å². The van der Waals surface area contributed by atoms with E-state index in [4.69, 9.17) is 0 Å². The van der Waals surface area contributed by atoms with E-state index in [1.165, 1.54) is 24.1 Å². The maximum atomic E-state index is 11.9. The Balaban J connectivity index is 1.84. The highest BCUT2D eigenvalue weighted by Crippen LogP contribution is 2.28. The zero-order valence-corrected chi connectivity index (χ0v) is 13.2. The van der Waals surface area contributed by atoms with Gasteiger partial charge in [0.15, 0.2) is 0 Å².